The molecule has 1 atom stereocenters. The summed E-state index contributed by atoms with van der Waals surface area (Å²) < 4.78 is 0. The van der Waals surface area contributed by atoms with Crippen LogP contribution in [0.25, 0.3) is 10.6 Å². The molecule has 0 saturated carbocycles. The molecule has 18 heavy (non-hydrogen) atoms. The molecule has 2 rings (SSSR count). The number of thiophene rings is 1. The van der Waals surface area contributed by atoms with Crippen LogP contribution in [0, 0.1) is 12.8 Å². The molecule has 4 nitrogen and oxygen atoms in total. The van der Waals surface area contributed by atoms with Crippen LogP contribution in [-0.4, -0.2) is 23.3 Å². The van der Waals surface area contributed by atoms with E-state index in [1.807, 2.05) is 12.1 Å². The van der Waals surface area contributed by atoms with E-state index in [1.165, 1.54) is 10.4 Å². The van der Waals surface area contributed by atoms with Crippen LogP contribution >= 0.6 is 11.3 Å². The Labute approximate surface area is 111 Å². The van der Waals surface area contributed by atoms with E-state index < -0.39 is 0 Å². The first-order valence-electron chi connectivity index (χ1n) is 6.03. The van der Waals surface area contributed by atoms with Gasteiger partial charge in [0.15, 0.2) is 0 Å². The van der Waals surface area contributed by atoms with Crippen molar-refractivity contribution in [3.05, 3.63) is 29.1 Å². The Hall–Kier alpha value is -1.46. The van der Waals surface area contributed by atoms with Crippen LogP contribution in [0.5, 0.6) is 0 Å². The maximum atomic E-state index is 5.57. The van der Waals surface area contributed by atoms with Gasteiger partial charge in [-0.25, -0.2) is 0 Å². The Morgan fingerprint density at radius 3 is 2.72 bits per heavy atom. The van der Waals surface area contributed by atoms with E-state index in [-0.39, 0.29) is 0 Å². The molecule has 2 aromatic rings. The summed E-state index contributed by atoms with van der Waals surface area (Å²) >= 11 is 1.69. The fourth-order valence-electron chi connectivity index (χ4n) is 1.54. The molecule has 2 heterocycles. The van der Waals surface area contributed by atoms with Crippen molar-refractivity contribution >= 4 is 17.2 Å². The maximum Gasteiger partial charge on any atom is 0.148 e. The smallest absolute Gasteiger partial charge is 0.148 e. The standard InChI is InChI=1S/C13H18N4S/c1-9(7-14)8-15-12-4-3-11(16-17-12)13-10(2)5-6-18-13/h3-6,9H,7-8,14H2,1-2H3,(H,15,17). The van der Waals surface area contributed by atoms with Crippen molar-refractivity contribution in [3.63, 3.8) is 0 Å². The Morgan fingerprint density at radius 1 is 1.33 bits per heavy atom. The average molecular weight is 262 g/mol. The highest BCUT2D eigenvalue weighted by molar-refractivity contribution is 7.13. The first-order chi connectivity index (χ1) is 8.70. The topological polar surface area (TPSA) is 63.8 Å². The van der Waals surface area contributed by atoms with Gasteiger partial charge < -0.3 is 11.1 Å². The minimum Gasteiger partial charge on any atom is -0.368 e. The summed E-state index contributed by atoms with van der Waals surface area (Å²) in [7, 11) is 0. The van der Waals surface area contributed by atoms with Gasteiger partial charge in [-0.2, -0.15) is 0 Å². The van der Waals surface area contributed by atoms with E-state index in [1.54, 1.807) is 11.3 Å². The first-order valence-corrected chi connectivity index (χ1v) is 6.91. The van der Waals surface area contributed by atoms with Crippen LogP contribution < -0.4 is 11.1 Å². The second-order valence-electron chi connectivity index (χ2n) is 4.46. The quantitative estimate of drug-likeness (QED) is 0.869. The van der Waals surface area contributed by atoms with Gasteiger partial charge in [-0.1, -0.05) is 6.92 Å². The number of nitrogens with one attached hydrogen (secondary N) is 1. The van der Waals surface area contributed by atoms with E-state index >= 15 is 0 Å². The molecule has 2 aromatic heterocycles. The second kappa shape index (κ2) is 5.93. The number of hydrogen-bond donors (Lipinski definition) is 2. The third-order valence-electron chi connectivity index (χ3n) is 2.79. The SMILES string of the molecule is Cc1ccsc1-c1ccc(NCC(C)CN)nn1. The lowest BCUT2D eigenvalue weighted by molar-refractivity contribution is 0.626. The minimum atomic E-state index is 0.436. The number of nitrogens with zero attached hydrogens (tertiary/aromatic N) is 2. The summed E-state index contributed by atoms with van der Waals surface area (Å²) in [6.45, 7) is 5.68. The molecule has 0 radical (unpaired) electrons. The lowest BCUT2D eigenvalue weighted by Crippen LogP contribution is -2.20. The highest BCUT2D eigenvalue weighted by Crippen LogP contribution is 2.27. The van der Waals surface area contributed by atoms with Crippen LogP contribution in [0.1, 0.15) is 12.5 Å². The van der Waals surface area contributed by atoms with Crippen LogP contribution in [-0.2, 0) is 0 Å². The molecule has 0 aliphatic rings. The molecule has 0 saturated heterocycles. The van der Waals surface area contributed by atoms with E-state index in [0.717, 1.165) is 18.1 Å². The molecule has 0 spiro atoms. The van der Waals surface area contributed by atoms with E-state index in [2.05, 4.69) is 40.8 Å². The first kappa shape index (κ1) is 13.0. The Morgan fingerprint density at radius 2 is 2.17 bits per heavy atom. The number of rotatable bonds is 5. The zero-order valence-electron chi connectivity index (χ0n) is 10.7. The molecule has 96 valence electrons. The highest BCUT2D eigenvalue weighted by atomic mass is 32.1. The van der Waals surface area contributed by atoms with Gasteiger partial charge in [-0.15, -0.1) is 21.5 Å². The van der Waals surface area contributed by atoms with Gasteiger partial charge in [0.25, 0.3) is 0 Å². The summed E-state index contributed by atoms with van der Waals surface area (Å²) in [5.74, 6) is 1.24. The summed E-state index contributed by atoms with van der Waals surface area (Å²) in [5, 5.41) is 13.7. The lowest BCUT2D eigenvalue weighted by atomic mass is 10.2. The minimum absolute atomic E-state index is 0.436. The van der Waals surface area contributed by atoms with Crippen molar-refractivity contribution < 1.29 is 0 Å². The van der Waals surface area contributed by atoms with Crippen LogP contribution in [0.2, 0.25) is 0 Å². The molecule has 1 unspecified atom stereocenters. The fourth-order valence-corrected chi connectivity index (χ4v) is 2.44. The molecule has 0 aromatic carbocycles. The molecule has 0 aliphatic heterocycles. The molecule has 0 fully saturated rings. The predicted molar refractivity (Wildman–Crippen MR) is 76.8 cm³/mol. The molecule has 5 heteroatoms. The third-order valence-corrected chi connectivity index (χ3v) is 3.83. The van der Waals surface area contributed by atoms with Crippen LogP contribution in [0.15, 0.2) is 23.6 Å². The molecule has 0 bridgehead atoms. The number of aromatic nitrogens is 2. The molecule has 0 amide bonds. The lowest BCUT2D eigenvalue weighted by Gasteiger charge is -2.10. The summed E-state index contributed by atoms with van der Waals surface area (Å²) in [6.07, 6.45) is 0. The zero-order valence-corrected chi connectivity index (χ0v) is 11.5. The monoisotopic (exact) mass is 262 g/mol. The number of anilines is 1. The Kier molecular flexibility index (Phi) is 4.28. The van der Waals surface area contributed by atoms with E-state index in [0.29, 0.717) is 12.5 Å². The number of aryl methyl sites for hydroxylation is 1. The Bertz CT molecular complexity index is 492. The van der Waals surface area contributed by atoms with Gasteiger partial charge in [0.1, 0.15) is 11.5 Å². The van der Waals surface area contributed by atoms with Gasteiger partial charge in [0.05, 0.1) is 4.88 Å². The van der Waals surface area contributed by atoms with Crippen LogP contribution in [0.3, 0.4) is 0 Å². The fraction of sp³-hybridized carbons (Fsp3) is 0.385. The normalized spacial score (nSPS) is 12.4. The van der Waals surface area contributed by atoms with Gasteiger partial charge in [-0.3, -0.25) is 0 Å². The van der Waals surface area contributed by atoms with E-state index in [4.69, 9.17) is 5.73 Å². The summed E-state index contributed by atoms with van der Waals surface area (Å²) in [5.41, 5.74) is 7.74. The maximum absolute atomic E-state index is 5.57. The van der Waals surface area contributed by atoms with Gasteiger partial charge in [-0.05, 0) is 48.5 Å². The van der Waals surface area contributed by atoms with Gasteiger partial charge in [0, 0.05) is 6.54 Å². The van der Waals surface area contributed by atoms with Gasteiger partial charge >= 0.3 is 0 Å². The van der Waals surface area contributed by atoms with Crippen molar-refractivity contribution in [1.82, 2.24) is 10.2 Å². The number of nitrogens with two attached hydrogens (primary N) is 1. The molecule has 3 N–H and O–H groups in total. The van der Waals surface area contributed by atoms with E-state index in [9.17, 15) is 0 Å². The van der Waals surface area contributed by atoms with Gasteiger partial charge in [0.2, 0.25) is 0 Å². The highest BCUT2D eigenvalue weighted by Gasteiger charge is 2.06. The number of hydrogen-bond acceptors (Lipinski definition) is 5. The summed E-state index contributed by atoms with van der Waals surface area (Å²) in [4.78, 5) is 1.18. The van der Waals surface area contributed by atoms with Crippen molar-refractivity contribution in [2.45, 2.75) is 13.8 Å². The average Bonchev–Trinajstić information content (AvgIpc) is 2.83. The van der Waals surface area contributed by atoms with Crippen LogP contribution in [0.4, 0.5) is 5.82 Å². The molecule has 0 aliphatic carbocycles. The second-order valence-corrected chi connectivity index (χ2v) is 5.37. The largest absolute Gasteiger partial charge is 0.368 e. The van der Waals surface area contributed by atoms with Crippen molar-refractivity contribution in [2.24, 2.45) is 11.7 Å². The molecular weight excluding hydrogens is 244 g/mol. The Balaban J connectivity index is 2.04. The van der Waals surface area contributed by atoms with Crippen molar-refractivity contribution in [3.8, 4) is 10.6 Å². The predicted octanol–water partition coefficient (Wildman–Crippen LogP) is 2.52. The van der Waals surface area contributed by atoms with Crippen molar-refractivity contribution in [1.29, 1.82) is 0 Å². The van der Waals surface area contributed by atoms with Crippen molar-refractivity contribution in [2.75, 3.05) is 18.4 Å². The zero-order chi connectivity index (χ0) is 13.0. The summed E-state index contributed by atoms with van der Waals surface area (Å²) in [6, 6.07) is 6.06. The molecular formula is C13H18N4S. The third kappa shape index (κ3) is 3.05.